The Morgan fingerprint density at radius 1 is 1.08 bits per heavy atom. The van der Waals surface area contributed by atoms with Gasteiger partial charge in [0.15, 0.2) is 0 Å². The summed E-state index contributed by atoms with van der Waals surface area (Å²) < 4.78 is 11.1. The van der Waals surface area contributed by atoms with E-state index in [2.05, 4.69) is 10.1 Å². The van der Waals surface area contributed by atoms with E-state index < -0.39 is 0 Å². The molecule has 3 rings (SSSR count). The molecule has 0 fully saturated rings. The number of nitrogens with two attached hydrogens (primary N) is 1. The first-order valence-electron chi connectivity index (χ1n) is 7.63. The van der Waals surface area contributed by atoms with E-state index in [1.165, 1.54) is 0 Å². The largest absolute Gasteiger partial charge is 0.493 e. The van der Waals surface area contributed by atoms with Gasteiger partial charge in [0.1, 0.15) is 5.75 Å². The van der Waals surface area contributed by atoms with Crippen molar-refractivity contribution in [3.63, 3.8) is 0 Å². The van der Waals surface area contributed by atoms with Crippen LogP contribution in [-0.4, -0.2) is 22.7 Å². The quantitative estimate of drug-likeness (QED) is 0.675. The summed E-state index contributed by atoms with van der Waals surface area (Å²) in [6.07, 6.45) is 0.851. The lowest BCUT2D eigenvalue weighted by Gasteiger charge is -2.08. The van der Waals surface area contributed by atoms with E-state index in [1.54, 1.807) is 0 Å². The Morgan fingerprint density at radius 3 is 2.62 bits per heavy atom. The average Bonchev–Trinajstić information content (AvgIpc) is 3.10. The predicted molar refractivity (Wildman–Crippen MR) is 89.1 cm³/mol. The fraction of sp³-hybridized carbons (Fsp3) is 0.167. The summed E-state index contributed by atoms with van der Waals surface area (Å²) in [5, 5.41) is 4.02. The van der Waals surface area contributed by atoms with Crippen molar-refractivity contribution >= 4 is 5.91 Å². The van der Waals surface area contributed by atoms with Gasteiger partial charge in [-0.2, -0.15) is 4.98 Å². The minimum absolute atomic E-state index is 0.293. The van der Waals surface area contributed by atoms with E-state index in [9.17, 15) is 4.79 Å². The minimum Gasteiger partial charge on any atom is -0.493 e. The van der Waals surface area contributed by atoms with Gasteiger partial charge < -0.3 is 15.0 Å². The number of hydrogen-bond donors (Lipinski definition) is 1. The van der Waals surface area contributed by atoms with Crippen molar-refractivity contribution in [2.45, 2.75) is 12.8 Å². The monoisotopic (exact) mass is 323 g/mol. The summed E-state index contributed by atoms with van der Waals surface area (Å²) in [4.78, 5) is 15.2. The standard InChI is InChI=1S/C18H17N3O3/c19-16(22)11-6-12-23-15-10-5-4-9-14(15)18-20-17(21-24-18)13-7-2-1-3-8-13/h1-5,7-10H,6,11-12H2,(H2,19,22). The van der Waals surface area contributed by atoms with Crippen LogP contribution in [0.3, 0.4) is 0 Å². The van der Waals surface area contributed by atoms with Gasteiger partial charge in [-0.25, -0.2) is 0 Å². The van der Waals surface area contributed by atoms with Gasteiger partial charge in [0.05, 0.1) is 12.2 Å². The summed E-state index contributed by atoms with van der Waals surface area (Å²) in [5.41, 5.74) is 6.72. The molecule has 1 heterocycles. The van der Waals surface area contributed by atoms with Crippen LogP contribution in [0, 0.1) is 0 Å². The highest BCUT2D eigenvalue weighted by molar-refractivity contribution is 5.73. The molecule has 24 heavy (non-hydrogen) atoms. The molecule has 0 atom stereocenters. The molecule has 0 spiro atoms. The van der Waals surface area contributed by atoms with Crippen molar-refractivity contribution in [1.29, 1.82) is 0 Å². The Kier molecular flexibility index (Phi) is 4.86. The number of hydrogen-bond acceptors (Lipinski definition) is 5. The number of amides is 1. The average molecular weight is 323 g/mol. The molecular weight excluding hydrogens is 306 g/mol. The lowest BCUT2D eigenvalue weighted by Crippen LogP contribution is -2.11. The molecule has 2 aromatic carbocycles. The van der Waals surface area contributed by atoms with Crippen molar-refractivity contribution in [2.24, 2.45) is 5.73 Å². The maximum absolute atomic E-state index is 10.8. The highest BCUT2D eigenvalue weighted by Crippen LogP contribution is 2.30. The van der Waals surface area contributed by atoms with Crippen molar-refractivity contribution in [2.75, 3.05) is 6.61 Å². The van der Waals surface area contributed by atoms with Crippen molar-refractivity contribution in [3.05, 3.63) is 54.6 Å². The molecule has 6 heteroatoms. The predicted octanol–water partition coefficient (Wildman–Crippen LogP) is 3.05. The fourth-order valence-electron chi connectivity index (χ4n) is 2.24. The lowest BCUT2D eigenvalue weighted by atomic mass is 10.2. The normalized spacial score (nSPS) is 10.5. The first-order valence-corrected chi connectivity index (χ1v) is 7.63. The van der Waals surface area contributed by atoms with E-state index in [-0.39, 0.29) is 5.91 Å². The molecule has 0 saturated carbocycles. The van der Waals surface area contributed by atoms with Crippen LogP contribution in [0.2, 0.25) is 0 Å². The fourth-order valence-corrected chi connectivity index (χ4v) is 2.24. The molecule has 3 aromatic rings. The van der Waals surface area contributed by atoms with Crippen LogP contribution in [-0.2, 0) is 4.79 Å². The number of rotatable bonds is 7. The second kappa shape index (κ2) is 7.41. The van der Waals surface area contributed by atoms with Crippen LogP contribution in [0.25, 0.3) is 22.8 Å². The summed E-state index contributed by atoms with van der Waals surface area (Å²) >= 11 is 0. The molecule has 0 saturated heterocycles. The Bertz CT molecular complexity index is 815. The smallest absolute Gasteiger partial charge is 0.262 e. The molecule has 6 nitrogen and oxygen atoms in total. The van der Waals surface area contributed by atoms with Gasteiger partial charge in [0, 0.05) is 12.0 Å². The Balaban J connectivity index is 1.77. The second-order valence-electron chi connectivity index (χ2n) is 5.20. The van der Waals surface area contributed by atoms with Crippen LogP contribution < -0.4 is 10.5 Å². The van der Waals surface area contributed by atoms with Crippen LogP contribution in [0.15, 0.2) is 59.1 Å². The first-order chi connectivity index (χ1) is 11.7. The van der Waals surface area contributed by atoms with E-state index in [0.717, 1.165) is 5.56 Å². The summed E-state index contributed by atoms with van der Waals surface area (Å²) in [7, 11) is 0. The van der Waals surface area contributed by atoms with Gasteiger partial charge in [-0.05, 0) is 18.6 Å². The number of carbonyl (C=O) groups excluding carboxylic acids is 1. The zero-order valence-corrected chi connectivity index (χ0v) is 13.0. The molecular formula is C18H17N3O3. The van der Waals surface area contributed by atoms with Gasteiger partial charge in [-0.1, -0.05) is 47.6 Å². The molecule has 1 aromatic heterocycles. The molecule has 122 valence electrons. The molecule has 0 aliphatic heterocycles. The number of primary amides is 1. The van der Waals surface area contributed by atoms with Gasteiger partial charge in [0.25, 0.3) is 5.89 Å². The number of aromatic nitrogens is 2. The minimum atomic E-state index is -0.337. The number of benzene rings is 2. The van der Waals surface area contributed by atoms with Crippen molar-refractivity contribution < 1.29 is 14.1 Å². The van der Waals surface area contributed by atoms with E-state index >= 15 is 0 Å². The number of carbonyl (C=O) groups is 1. The van der Waals surface area contributed by atoms with Gasteiger partial charge >= 0.3 is 0 Å². The highest BCUT2D eigenvalue weighted by Gasteiger charge is 2.14. The lowest BCUT2D eigenvalue weighted by molar-refractivity contribution is -0.118. The molecule has 0 bridgehead atoms. The van der Waals surface area contributed by atoms with Gasteiger partial charge in [0.2, 0.25) is 11.7 Å². The number of nitrogens with zero attached hydrogens (tertiary/aromatic N) is 2. The zero-order valence-electron chi connectivity index (χ0n) is 13.0. The second-order valence-corrected chi connectivity index (χ2v) is 5.20. The maximum atomic E-state index is 10.8. The van der Waals surface area contributed by atoms with Gasteiger partial charge in [-0.15, -0.1) is 0 Å². The molecule has 2 N–H and O–H groups in total. The van der Waals surface area contributed by atoms with Crippen molar-refractivity contribution in [1.82, 2.24) is 10.1 Å². The summed E-state index contributed by atoms with van der Waals surface area (Å²) in [6.45, 7) is 0.389. The third-order valence-corrected chi connectivity index (χ3v) is 3.40. The van der Waals surface area contributed by atoms with Crippen LogP contribution in [0.1, 0.15) is 12.8 Å². The highest BCUT2D eigenvalue weighted by atomic mass is 16.5. The summed E-state index contributed by atoms with van der Waals surface area (Å²) in [5.74, 6) is 1.20. The van der Waals surface area contributed by atoms with E-state index in [1.807, 2.05) is 54.6 Å². The third-order valence-electron chi connectivity index (χ3n) is 3.40. The first kappa shape index (κ1) is 15.7. The van der Waals surface area contributed by atoms with E-state index in [4.69, 9.17) is 15.0 Å². The third kappa shape index (κ3) is 3.78. The Labute approximate surface area is 139 Å². The van der Waals surface area contributed by atoms with Gasteiger partial charge in [-0.3, -0.25) is 4.79 Å². The van der Waals surface area contributed by atoms with E-state index in [0.29, 0.717) is 42.5 Å². The molecule has 1 amide bonds. The number of ether oxygens (including phenoxy) is 1. The molecule has 0 unspecified atom stereocenters. The van der Waals surface area contributed by atoms with Crippen LogP contribution in [0.4, 0.5) is 0 Å². The molecule has 0 aliphatic rings. The number of para-hydroxylation sites is 1. The van der Waals surface area contributed by atoms with Crippen LogP contribution >= 0.6 is 0 Å². The Morgan fingerprint density at radius 2 is 1.83 bits per heavy atom. The molecule has 0 aliphatic carbocycles. The topological polar surface area (TPSA) is 91.2 Å². The van der Waals surface area contributed by atoms with Crippen molar-refractivity contribution in [3.8, 4) is 28.6 Å². The summed E-state index contributed by atoms with van der Waals surface area (Å²) in [6, 6.07) is 17.0. The zero-order chi connectivity index (χ0) is 16.8. The maximum Gasteiger partial charge on any atom is 0.262 e. The Hall–Kier alpha value is -3.15. The van der Waals surface area contributed by atoms with Crippen LogP contribution in [0.5, 0.6) is 5.75 Å². The molecule has 0 radical (unpaired) electrons. The SMILES string of the molecule is NC(=O)CCCOc1ccccc1-c1nc(-c2ccccc2)no1.